The molecular formula is C33H40N8. The molecule has 212 valence electrons. The molecule has 6 unspecified atom stereocenters. The lowest BCUT2D eigenvalue weighted by molar-refractivity contribution is 0.505. The predicted molar refractivity (Wildman–Crippen MR) is 165 cm³/mol. The molecule has 0 amide bonds. The molecule has 8 rings (SSSR count). The van der Waals surface area contributed by atoms with Crippen LogP contribution in [0.15, 0.2) is 73.6 Å². The minimum absolute atomic E-state index is 0. The summed E-state index contributed by atoms with van der Waals surface area (Å²) >= 11 is 0. The van der Waals surface area contributed by atoms with E-state index in [1.54, 1.807) is 12.4 Å². The molecule has 8 nitrogen and oxygen atoms in total. The number of rotatable bonds is 4. The van der Waals surface area contributed by atoms with Crippen LogP contribution >= 0.6 is 0 Å². The molecule has 4 aromatic heterocycles. The van der Waals surface area contributed by atoms with Crippen molar-refractivity contribution in [3.05, 3.63) is 84.7 Å². The van der Waals surface area contributed by atoms with Crippen LogP contribution in [0.3, 0.4) is 0 Å². The molecule has 4 aliphatic rings. The zero-order valence-corrected chi connectivity index (χ0v) is 22.6. The van der Waals surface area contributed by atoms with Gasteiger partial charge in [-0.2, -0.15) is 0 Å². The quantitative estimate of drug-likeness (QED) is 0.270. The van der Waals surface area contributed by atoms with Crippen molar-refractivity contribution in [2.75, 3.05) is 11.5 Å². The topological polar surface area (TPSA) is 128 Å². The first-order valence-corrected chi connectivity index (χ1v) is 14.4. The molecule has 0 saturated carbocycles. The second-order valence-corrected chi connectivity index (χ2v) is 11.7. The fourth-order valence-corrected chi connectivity index (χ4v) is 7.28. The molecule has 0 aromatic carbocycles. The van der Waals surface area contributed by atoms with Crippen LogP contribution in [0, 0.1) is 0 Å². The van der Waals surface area contributed by atoms with E-state index in [1.807, 2.05) is 49.1 Å². The molecule has 4 aliphatic heterocycles. The van der Waals surface area contributed by atoms with Gasteiger partial charge in [0.05, 0.1) is 0 Å². The van der Waals surface area contributed by atoms with Gasteiger partial charge in [-0.15, -0.1) is 0 Å². The molecule has 8 heterocycles. The molecule has 4 aromatic rings. The van der Waals surface area contributed by atoms with Gasteiger partial charge in [-0.1, -0.05) is 7.43 Å². The Morgan fingerprint density at radius 2 is 1.05 bits per heavy atom. The van der Waals surface area contributed by atoms with E-state index in [2.05, 4.69) is 42.7 Å². The minimum Gasteiger partial charge on any atom is -0.384 e. The second kappa shape index (κ2) is 11.5. The number of nitrogens with two attached hydrogens (primary N) is 2. The van der Waals surface area contributed by atoms with Crippen molar-refractivity contribution in [3.8, 4) is 22.3 Å². The highest BCUT2D eigenvalue weighted by Gasteiger charge is 2.40. The van der Waals surface area contributed by atoms with Crippen LogP contribution in [-0.4, -0.2) is 44.1 Å². The van der Waals surface area contributed by atoms with Crippen LogP contribution in [0.25, 0.3) is 22.3 Å². The van der Waals surface area contributed by atoms with Gasteiger partial charge in [-0.3, -0.25) is 9.97 Å². The number of anilines is 2. The van der Waals surface area contributed by atoms with Crippen molar-refractivity contribution in [2.24, 2.45) is 0 Å². The summed E-state index contributed by atoms with van der Waals surface area (Å²) in [6, 6.07) is 15.0. The average Bonchev–Trinajstić information content (AvgIpc) is 3.81. The van der Waals surface area contributed by atoms with Gasteiger partial charge >= 0.3 is 0 Å². The number of nitrogen functional groups attached to an aromatic ring is 2. The lowest BCUT2D eigenvalue weighted by Gasteiger charge is -2.20. The number of hydrogen-bond donors (Lipinski definition) is 4. The molecule has 0 spiro atoms. The maximum atomic E-state index is 5.76. The van der Waals surface area contributed by atoms with Crippen LogP contribution in [-0.2, 0) is 0 Å². The molecule has 4 saturated heterocycles. The highest BCUT2D eigenvalue weighted by atomic mass is 15.0. The summed E-state index contributed by atoms with van der Waals surface area (Å²) in [5.74, 6) is 2.32. The van der Waals surface area contributed by atoms with Gasteiger partial charge in [0, 0.05) is 84.3 Å². The first-order chi connectivity index (χ1) is 19.6. The van der Waals surface area contributed by atoms with Crippen molar-refractivity contribution < 1.29 is 0 Å². The van der Waals surface area contributed by atoms with E-state index in [9.17, 15) is 0 Å². The SMILES string of the molecule is C.Nc1cc(-c2cncc(C3CC4CCC3N4)c2)ccn1.Nc1cc(-c2cncc(C3CC4CCC3N4)c2)ccn1. The normalized spacial score (nSPS) is 27.2. The van der Waals surface area contributed by atoms with Crippen LogP contribution in [0.2, 0.25) is 0 Å². The number of pyridine rings is 4. The molecular weight excluding hydrogens is 508 g/mol. The Bertz CT molecular complexity index is 1390. The first kappa shape index (κ1) is 27.3. The predicted octanol–water partition coefficient (Wildman–Crippen LogP) is 5.30. The molecule has 0 radical (unpaired) electrons. The smallest absolute Gasteiger partial charge is 0.123 e. The van der Waals surface area contributed by atoms with Gasteiger partial charge in [0.1, 0.15) is 11.6 Å². The largest absolute Gasteiger partial charge is 0.384 e. The summed E-state index contributed by atoms with van der Waals surface area (Å²) < 4.78 is 0. The standard InChI is InChI=1S/2C16H18N4.CH4/c2*17-16-6-10(3-4-19-16)11-5-12(9-18-8-11)14-7-13-1-2-15(14)20-13;/h2*3-6,8-9,13-15,20H,1-2,7H2,(H2,17,19);1H4. The monoisotopic (exact) mass is 548 g/mol. The summed E-state index contributed by atoms with van der Waals surface area (Å²) in [5.41, 5.74) is 18.6. The molecule has 8 heteroatoms. The molecule has 0 aliphatic carbocycles. The number of nitrogens with zero attached hydrogens (tertiary/aromatic N) is 4. The molecule has 6 atom stereocenters. The van der Waals surface area contributed by atoms with E-state index in [1.165, 1.54) is 49.7 Å². The maximum Gasteiger partial charge on any atom is 0.123 e. The number of hydrogen-bond acceptors (Lipinski definition) is 8. The Balaban J connectivity index is 0.000000144. The van der Waals surface area contributed by atoms with E-state index >= 15 is 0 Å². The Kier molecular flexibility index (Phi) is 7.69. The third-order valence-corrected chi connectivity index (χ3v) is 9.20. The van der Waals surface area contributed by atoms with Gasteiger partial charge in [0.15, 0.2) is 0 Å². The van der Waals surface area contributed by atoms with Gasteiger partial charge in [-0.05, 0) is 97.2 Å². The van der Waals surface area contributed by atoms with Crippen molar-refractivity contribution in [1.82, 2.24) is 30.6 Å². The van der Waals surface area contributed by atoms with Crippen molar-refractivity contribution in [3.63, 3.8) is 0 Å². The summed E-state index contributed by atoms with van der Waals surface area (Å²) in [4.78, 5) is 16.9. The van der Waals surface area contributed by atoms with E-state index < -0.39 is 0 Å². The van der Waals surface area contributed by atoms with Crippen LogP contribution in [0.1, 0.15) is 68.9 Å². The van der Waals surface area contributed by atoms with E-state index in [0.29, 0.717) is 47.6 Å². The Morgan fingerprint density at radius 1 is 0.585 bits per heavy atom. The van der Waals surface area contributed by atoms with Crippen LogP contribution in [0.5, 0.6) is 0 Å². The zero-order valence-electron chi connectivity index (χ0n) is 22.6. The van der Waals surface area contributed by atoms with Crippen LogP contribution in [0.4, 0.5) is 11.6 Å². The second-order valence-electron chi connectivity index (χ2n) is 11.7. The average molecular weight is 549 g/mol. The Hall–Kier alpha value is -3.88. The summed E-state index contributed by atoms with van der Waals surface area (Å²) in [5, 5.41) is 7.37. The molecule has 4 bridgehead atoms. The summed E-state index contributed by atoms with van der Waals surface area (Å²) in [7, 11) is 0. The van der Waals surface area contributed by atoms with Crippen molar-refractivity contribution >= 4 is 11.6 Å². The van der Waals surface area contributed by atoms with Gasteiger partial charge in [0.2, 0.25) is 0 Å². The van der Waals surface area contributed by atoms with Gasteiger partial charge in [-0.25, -0.2) is 9.97 Å². The fraction of sp³-hybridized carbons (Fsp3) is 0.394. The molecule has 41 heavy (non-hydrogen) atoms. The van der Waals surface area contributed by atoms with Gasteiger partial charge < -0.3 is 22.1 Å². The lowest BCUT2D eigenvalue weighted by Crippen LogP contribution is -2.21. The van der Waals surface area contributed by atoms with Crippen LogP contribution < -0.4 is 22.1 Å². The zero-order chi connectivity index (χ0) is 27.1. The number of nitrogens with one attached hydrogen (secondary N) is 2. The Morgan fingerprint density at radius 3 is 1.41 bits per heavy atom. The summed E-state index contributed by atoms with van der Waals surface area (Å²) in [6.45, 7) is 0. The minimum atomic E-state index is 0. The van der Waals surface area contributed by atoms with E-state index in [4.69, 9.17) is 11.5 Å². The molecule has 4 fully saturated rings. The van der Waals surface area contributed by atoms with E-state index in [0.717, 1.165) is 22.3 Å². The highest BCUT2D eigenvalue weighted by Crippen LogP contribution is 2.41. The van der Waals surface area contributed by atoms with E-state index in [-0.39, 0.29) is 7.43 Å². The molecule has 6 N–H and O–H groups in total. The first-order valence-electron chi connectivity index (χ1n) is 14.4. The third-order valence-electron chi connectivity index (χ3n) is 9.20. The lowest BCUT2D eigenvalue weighted by atomic mass is 9.84. The number of aromatic nitrogens is 4. The highest BCUT2D eigenvalue weighted by molar-refractivity contribution is 5.66. The Labute approximate surface area is 242 Å². The van der Waals surface area contributed by atoms with Gasteiger partial charge in [0.25, 0.3) is 0 Å². The number of fused-ring (bicyclic) bond motifs is 4. The maximum absolute atomic E-state index is 5.76. The fourth-order valence-electron chi connectivity index (χ4n) is 7.28. The summed E-state index contributed by atoms with van der Waals surface area (Å²) in [6.07, 6.45) is 19.1. The third kappa shape index (κ3) is 5.67. The van der Waals surface area contributed by atoms with Crippen molar-refractivity contribution in [1.29, 1.82) is 0 Å². The van der Waals surface area contributed by atoms with Crippen molar-refractivity contribution in [2.45, 2.75) is 82.0 Å².